The van der Waals surface area contributed by atoms with Crippen molar-refractivity contribution in [3.63, 3.8) is 0 Å². The van der Waals surface area contributed by atoms with Gasteiger partial charge in [0.15, 0.2) is 5.13 Å². The number of morpholine rings is 1. The highest BCUT2D eigenvalue weighted by Crippen LogP contribution is 2.28. The number of anilines is 3. The second-order valence-electron chi connectivity index (χ2n) is 8.96. The molecule has 184 valence electrons. The first kappa shape index (κ1) is 23.7. The molecule has 1 amide bonds. The Morgan fingerprint density at radius 3 is 2.77 bits per heavy atom. The fourth-order valence-electron chi connectivity index (χ4n) is 4.67. The van der Waals surface area contributed by atoms with Crippen LogP contribution >= 0.6 is 11.3 Å². The minimum Gasteiger partial charge on any atom is -0.379 e. The molecule has 3 N–H and O–H groups in total. The maximum absolute atomic E-state index is 12.0. The largest absolute Gasteiger partial charge is 0.379 e. The third-order valence-electron chi connectivity index (χ3n) is 6.41. The highest BCUT2D eigenvalue weighted by molar-refractivity contribution is 7.21. The summed E-state index contributed by atoms with van der Waals surface area (Å²) in [4.78, 5) is 29.2. The van der Waals surface area contributed by atoms with Crippen molar-refractivity contribution in [1.82, 2.24) is 25.2 Å². The van der Waals surface area contributed by atoms with Crippen LogP contribution in [0.15, 0.2) is 43.1 Å². The zero-order valence-electron chi connectivity index (χ0n) is 19.7. The number of thiazole rings is 1. The van der Waals surface area contributed by atoms with Gasteiger partial charge in [-0.3, -0.25) is 9.69 Å². The predicted molar refractivity (Wildman–Crippen MR) is 139 cm³/mol. The molecule has 0 unspecified atom stereocenters. The van der Waals surface area contributed by atoms with Gasteiger partial charge in [0.05, 0.1) is 13.2 Å². The summed E-state index contributed by atoms with van der Waals surface area (Å²) in [5.41, 5.74) is 2.03. The van der Waals surface area contributed by atoms with E-state index in [0.717, 1.165) is 91.2 Å². The molecule has 1 saturated heterocycles. The van der Waals surface area contributed by atoms with E-state index in [9.17, 15) is 4.79 Å². The molecule has 4 heterocycles. The number of hydrogen-bond acceptors (Lipinski definition) is 9. The second-order valence-corrected chi connectivity index (χ2v) is 9.94. The first-order valence-corrected chi connectivity index (χ1v) is 13.0. The quantitative estimate of drug-likeness (QED) is 0.408. The maximum atomic E-state index is 12.0. The first-order chi connectivity index (χ1) is 17.2. The Morgan fingerprint density at radius 2 is 1.97 bits per heavy atom. The van der Waals surface area contributed by atoms with Crippen LogP contribution in [0.1, 0.15) is 31.2 Å². The summed E-state index contributed by atoms with van der Waals surface area (Å²) in [7, 11) is 0. The summed E-state index contributed by atoms with van der Waals surface area (Å²) in [6.45, 7) is 7.75. The molecule has 9 nitrogen and oxygen atoms in total. The van der Waals surface area contributed by atoms with E-state index < -0.39 is 0 Å². The summed E-state index contributed by atoms with van der Waals surface area (Å²) in [6.07, 6.45) is 7.25. The molecular weight excluding hydrogens is 462 g/mol. The molecule has 0 aromatic carbocycles. The number of amides is 1. The van der Waals surface area contributed by atoms with E-state index in [1.807, 2.05) is 12.1 Å². The van der Waals surface area contributed by atoms with E-state index >= 15 is 0 Å². The molecule has 0 spiro atoms. The first-order valence-electron chi connectivity index (χ1n) is 12.2. The van der Waals surface area contributed by atoms with Crippen molar-refractivity contribution < 1.29 is 9.53 Å². The van der Waals surface area contributed by atoms with E-state index in [2.05, 4.69) is 49.5 Å². The van der Waals surface area contributed by atoms with Crippen LogP contribution in [0.3, 0.4) is 0 Å². The summed E-state index contributed by atoms with van der Waals surface area (Å²) in [6, 6.07) is 8.20. The lowest BCUT2D eigenvalue weighted by molar-refractivity contribution is -0.117. The van der Waals surface area contributed by atoms with Crippen molar-refractivity contribution in [2.45, 2.75) is 44.3 Å². The number of ether oxygens (including phenoxy) is 1. The number of carbonyl (C=O) groups is 1. The van der Waals surface area contributed by atoms with Gasteiger partial charge in [-0.1, -0.05) is 30.8 Å². The van der Waals surface area contributed by atoms with Crippen molar-refractivity contribution in [1.29, 1.82) is 0 Å². The Labute approximate surface area is 209 Å². The zero-order valence-corrected chi connectivity index (χ0v) is 20.5. The smallest absolute Gasteiger partial charge is 0.243 e. The van der Waals surface area contributed by atoms with Crippen LogP contribution in [0.25, 0.3) is 10.3 Å². The van der Waals surface area contributed by atoms with E-state index in [1.165, 1.54) is 17.4 Å². The summed E-state index contributed by atoms with van der Waals surface area (Å²) in [5.74, 6) is 1.39. The van der Waals surface area contributed by atoms with E-state index in [0.29, 0.717) is 0 Å². The summed E-state index contributed by atoms with van der Waals surface area (Å²) in [5, 5.41) is 10.9. The van der Waals surface area contributed by atoms with Gasteiger partial charge in [-0.2, -0.15) is 0 Å². The third kappa shape index (κ3) is 6.14. The summed E-state index contributed by atoms with van der Waals surface area (Å²) < 4.78 is 5.51. The van der Waals surface area contributed by atoms with Gasteiger partial charge in [0.25, 0.3) is 0 Å². The maximum Gasteiger partial charge on any atom is 0.243 e. The molecule has 3 aromatic rings. The lowest BCUT2D eigenvalue weighted by Crippen LogP contribution is -2.48. The lowest BCUT2D eigenvalue weighted by Gasteiger charge is -2.33. The molecule has 3 aromatic heterocycles. The van der Waals surface area contributed by atoms with Crippen LogP contribution in [0.5, 0.6) is 0 Å². The molecule has 1 aliphatic carbocycles. The van der Waals surface area contributed by atoms with Crippen LogP contribution < -0.4 is 16.0 Å². The number of nitrogens with zero attached hydrogens (tertiary/aromatic N) is 4. The fraction of sp³-hybridized carbons (Fsp3) is 0.440. The normalized spacial score (nSPS) is 20.9. The van der Waals surface area contributed by atoms with Gasteiger partial charge in [0.2, 0.25) is 5.91 Å². The molecule has 35 heavy (non-hydrogen) atoms. The van der Waals surface area contributed by atoms with Gasteiger partial charge >= 0.3 is 0 Å². The van der Waals surface area contributed by atoms with Gasteiger partial charge in [0, 0.05) is 37.9 Å². The summed E-state index contributed by atoms with van der Waals surface area (Å²) >= 11 is 1.51. The van der Waals surface area contributed by atoms with E-state index in [4.69, 9.17) is 9.72 Å². The number of aromatic nitrogens is 3. The molecule has 1 saturated carbocycles. The molecule has 2 atom stereocenters. The molecule has 0 radical (unpaired) electrons. The Balaban J connectivity index is 1.39. The van der Waals surface area contributed by atoms with Crippen LogP contribution in [0, 0.1) is 0 Å². The molecule has 2 fully saturated rings. The van der Waals surface area contributed by atoms with Gasteiger partial charge in [-0.05, 0) is 48.7 Å². The number of nitrogens with one attached hydrogen (secondary N) is 3. The molecular formula is C25H31N7O2S. The van der Waals surface area contributed by atoms with Crippen molar-refractivity contribution in [2.24, 2.45) is 0 Å². The Bertz CT molecular complexity index is 1140. The van der Waals surface area contributed by atoms with Crippen LogP contribution in [0.2, 0.25) is 0 Å². The van der Waals surface area contributed by atoms with Crippen LogP contribution in [-0.4, -0.2) is 64.1 Å². The number of pyridine rings is 2. The topological polar surface area (TPSA) is 104 Å². The van der Waals surface area contributed by atoms with Gasteiger partial charge in [-0.15, -0.1) is 0 Å². The van der Waals surface area contributed by atoms with Crippen molar-refractivity contribution in [2.75, 3.05) is 36.9 Å². The minimum atomic E-state index is -0.135. The zero-order chi connectivity index (χ0) is 24.0. The number of fused-ring (bicyclic) bond motifs is 1. The Hall–Kier alpha value is -3.08. The van der Waals surface area contributed by atoms with Gasteiger partial charge in [-0.25, -0.2) is 15.0 Å². The standard InChI is InChI=1S/C25H31N7O2S/c1-2-23(33)28-19-7-4-3-6-18(19)27-21-14-17(16-32-10-12-34-13-11-32)15-22(30-21)31-25-29-20-8-5-9-26-24(20)35-25/h2,5,8-9,14-15,18-19H,1,3-4,6-7,10-13,16H2,(H,28,33)(H2,27,29,30,31)/t18-,19-/m1/s1. The monoisotopic (exact) mass is 493 g/mol. The van der Waals surface area contributed by atoms with Crippen molar-refractivity contribution in [3.05, 3.63) is 48.7 Å². The highest BCUT2D eigenvalue weighted by Gasteiger charge is 2.26. The lowest BCUT2D eigenvalue weighted by atomic mass is 9.90. The SMILES string of the molecule is C=CC(=O)N[C@@H]1CCCC[C@H]1Nc1cc(CN2CCOCC2)cc(Nc2nc3cccnc3s2)n1. The number of hydrogen-bond donors (Lipinski definition) is 3. The van der Waals surface area contributed by atoms with Crippen molar-refractivity contribution >= 4 is 44.4 Å². The fourth-order valence-corrected chi connectivity index (χ4v) is 5.49. The number of carbonyl (C=O) groups excluding carboxylic acids is 1. The van der Waals surface area contributed by atoms with E-state index in [1.54, 1.807) is 6.20 Å². The third-order valence-corrected chi connectivity index (χ3v) is 7.30. The Morgan fingerprint density at radius 1 is 1.17 bits per heavy atom. The average Bonchev–Trinajstić information content (AvgIpc) is 3.28. The predicted octanol–water partition coefficient (Wildman–Crippen LogP) is 3.69. The van der Waals surface area contributed by atoms with Crippen LogP contribution in [-0.2, 0) is 16.1 Å². The molecule has 0 bridgehead atoms. The van der Waals surface area contributed by atoms with Gasteiger partial charge < -0.3 is 20.7 Å². The molecule has 1 aliphatic heterocycles. The van der Waals surface area contributed by atoms with Gasteiger partial charge in [0.1, 0.15) is 22.0 Å². The Kier molecular flexibility index (Phi) is 7.51. The van der Waals surface area contributed by atoms with E-state index in [-0.39, 0.29) is 18.0 Å². The highest BCUT2D eigenvalue weighted by atomic mass is 32.1. The molecule has 2 aliphatic rings. The minimum absolute atomic E-state index is 0.0469. The average molecular weight is 494 g/mol. The van der Waals surface area contributed by atoms with Crippen LogP contribution in [0.4, 0.5) is 16.8 Å². The van der Waals surface area contributed by atoms with Crippen molar-refractivity contribution in [3.8, 4) is 0 Å². The molecule has 5 rings (SSSR count). The number of rotatable bonds is 8. The second kappa shape index (κ2) is 11.1. The molecule has 10 heteroatoms.